The third kappa shape index (κ3) is 5.59. The Bertz CT molecular complexity index is 921. The molecule has 32 heavy (non-hydrogen) atoms. The first-order valence-corrected chi connectivity index (χ1v) is 10.9. The first-order valence-electron chi connectivity index (χ1n) is 10.9. The summed E-state index contributed by atoms with van der Waals surface area (Å²) in [6.45, 7) is 3.52. The maximum atomic E-state index is 14.5. The molecule has 1 saturated heterocycles. The van der Waals surface area contributed by atoms with Gasteiger partial charge < -0.3 is 15.2 Å². The molecular weight excluding hydrogens is 411 g/mol. The van der Waals surface area contributed by atoms with Gasteiger partial charge in [-0.2, -0.15) is 0 Å². The van der Waals surface area contributed by atoms with Crippen molar-refractivity contribution in [3.8, 4) is 0 Å². The molecule has 0 aromatic heterocycles. The molecule has 1 fully saturated rings. The number of nitrogens with zero attached hydrogens (tertiary/aromatic N) is 1. The smallest absolute Gasteiger partial charge is 0.222 e. The molecular formula is C25H31FN2O4. The van der Waals surface area contributed by atoms with E-state index in [0.29, 0.717) is 37.4 Å². The lowest BCUT2D eigenvalue weighted by Gasteiger charge is -2.44. The molecule has 0 unspecified atom stereocenters. The average Bonchev–Trinajstić information content (AvgIpc) is 2.79. The lowest BCUT2D eigenvalue weighted by molar-refractivity contribution is -0.123. The van der Waals surface area contributed by atoms with Gasteiger partial charge >= 0.3 is 0 Å². The molecule has 1 heterocycles. The maximum absolute atomic E-state index is 14.5. The number of Topliss-reactive ketones (excluding diaryl/α,β-unsaturated/α-hetero) is 1. The van der Waals surface area contributed by atoms with Crippen molar-refractivity contribution in [2.45, 2.75) is 25.3 Å². The Balaban J connectivity index is 2.05. The van der Waals surface area contributed by atoms with Crippen LogP contribution in [-0.2, 0) is 9.53 Å². The van der Waals surface area contributed by atoms with Crippen LogP contribution in [0.25, 0.3) is 0 Å². The van der Waals surface area contributed by atoms with Crippen LogP contribution in [0, 0.1) is 18.7 Å². The third-order valence-electron chi connectivity index (χ3n) is 6.14. The van der Waals surface area contributed by atoms with E-state index >= 15 is 0 Å². The zero-order chi connectivity index (χ0) is 23.1. The minimum Gasteiger partial charge on any atom is -0.396 e. The molecule has 3 atom stereocenters. The molecule has 1 aliphatic rings. The summed E-state index contributed by atoms with van der Waals surface area (Å²) in [5, 5.41) is 12.2. The molecule has 6 nitrogen and oxygen atoms in total. The van der Waals surface area contributed by atoms with Crippen molar-refractivity contribution in [3.63, 3.8) is 0 Å². The van der Waals surface area contributed by atoms with Crippen LogP contribution in [0.15, 0.2) is 48.5 Å². The van der Waals surface area contributed by atoms with Gasteiger partial charge in [0.25, 0.3) is 0 Å². The Labute approximate surface area is 188 Å². The van der Waals surface area contributed by atoms with E-state index in [1.165, 1.54) is 6.07 Å². The monoisotopic (exact) mass is 442 g/mol. The quantitative estimate of drug-likeness (QED) is 0.584. The van der Waals surface area contributed by atoms with Crippen molar-refractivity contribution < 1.29 is 23.8 Å². The lowest BCUT2D eigenvalue weighted by atomic mass is 9.72. The topological polar surface area (TPSA) is 78.9 Å². The van der Waals surface area contributed by atoms with Crippen molar-refractivity contribution in [1.29, 1.82) is 0 Å². The van der Waals surface area contributed by atoms with Crippen LogP contribution >= 0.6 is 0 Å². The van der Waals surface area contributed by atoms with Gasteiger partial charge in [0.2, 0.25) is 5.91 Å². The summed E-state index contributed by atoms with van der Waals surface area (Å²) in [5.41, 5.74) is 1.79. The second-order valence-corrected chi connectivity index (χ2v) is 8.22. The molecule has 1 amide bonds. The molecule has 3 rings (SSSR count). The van der Waals surface area contributed by atoms with Gasteiger partial charge in [-0.05, 0) is 24.1 Å². The Morgan fingerprint density at radius 1 is 1.16 bits per heavy atom. The largest absolute Gasteiger partial charge is 0.396 e. The second kappa shape index (κ2) is 11.3. The molecule has 2 aromatic rings. The number of methoxy groups -OCH3 is 1. The molecule has 0 radical (unpaired) electrons. The van der Waals surface area contributed by atoms with Gasteiger partial charge in [0.05, 0.1) is 13.2 Å². The van der Waals surface area contributed by atoms with E-state index in [9.17, 15) is 19.1 Å². The first kappa shape index (κ1) is 24.0. The van der Waals surface area contributed by atoms with Crippen LogP contribution < -0.4 is 5.32 Å². The van der Waals surface area contributed by atoms with Crippen molar-refractivity contribution in [3.05, 3.63) is 71.0 Å². The Morgan fingerprint density at radius 2 is 1.91 bits per heavy atom. The number of carbonyl (C=O) groups is 2. The van der Waals surface area contributed by atoms with E-state index in [1.54, 1.807) is 32.2 Å². The van der Waals surface area contributed by atoms with Crippen molar-refractivity contribution >= 4 is 11.7 Å². The molecule has 0 saturated carbocycles. The average molecular weight is 443 g/mol. The number of amides is 1. The van der Waals surface area contributed by atoms with Crippen LogP contribution in [-0.4, -0.2) is 67.7 Å². The van der Waals surface area contributed by atoms with E-state index in [1.807, 2.05) is 24.3 Å². The van der Waals surface area contributed by atoms with Crippen molar-refractivity contribution in [2.24, 2.45) is 5.92 Å². The zero-order valence-corrected chi connectivity index (χ0v) is 18.6. The molecule has 0 aliphatic carbocycles. The van der Waals surface area contributed by atoms with E-state index < -0.39 is 17.9 Å². The summed E-state index contributed by atoms with van der Waals surface area (Å²) in [5.74, 6) is -1.56. The highest BCUT2D eigenvalue weighted by Crippen LogP contribution is 2.37. The first-order chi connectivity index (χ1) is 15.5. The lowest BCUT2D eigenvalue weighted by Crippen LogP contribution is -2.57. The highest BCUT2D eigenvalue weighted by atomic mass is 19.1. The molecule has 0 bridgehead atoms. The third-order valence-corrected chi connectivity index (χ3v) is 6.14. The SMILES string of the molecule is COCCN1C[C@H](C(=O)c2ccccc2)[C@@H](c2cccc(F)c2C)[C@H](NC(=O)CCO)C1. The number of carbonyl (C=O) groups excluding carboxylic acids is 2. The summed E-state index contributed by atoms with van der Waals surface area (Å²) < 4.78 is 19.7. The van der Waals surface area contributed by atoms with Crippen LogP contribution in [0.2, 0.25) is 0 Å². The molecule has 7 heteroatoms. The molecule has 1 aliphatic heterocycles. The predicted octanol–water partition coefficient (Wildman–Crippen LogP) is 2.55. The number of ketones is 1. The van der Waals surface area contributed by atoms with Gasteiger partial charge in [0.1, 0.15) is 5.82 Å². The fourth-order valence-electron chi connectivity index (χ4n) is 4.54. The standard InChI is InChI=1S/C25H31FN2O4/c1-17-19(9-6-10-21(17)26)24-20(25(31)18-7-4-3-5-8-18)15-28(12-14-32-2)16-22(24)27-23(30)11-13-29/h3-10,20,22,24,29H,11-16H2,1-2H3,(H,27,30)/t20-,22+,24+/m0/s1. The minimum atomic E-state index is -0.483. The summed E-state index contributed by atoms with van der Waals surface area (Å²) in [7, 11) is 1.62. The molecule has 0 spiro atoms. The van der Waals surface area contributed by atoms with E-state index in [4.69, 9.17) is 4.74 Å². The number of aliphatic hydroxyl groups is 1. The Kier molecular flexibility index (Phi) is 8.50. The Morgan fingerprint density at radius 3 is 2.59 bits per heavy atom. The number of hydrogen-bond donors (Lipinski definition) is 2. The minimum absolute atomic E-state index is 0.0271. The number of benzene rings is 2. The number of halogens is 1. The summed E-state index contributed by atoms with van der Waals surface area (Å²) >= 11 is 0. The van der Waals surface area contributed by atoms with Crippen LogP contribution in [0.5, 0.6) is 0 Å². The van der Waals surface area contributed by atoms with Gasteiger partial charge in [-0.15, -0.1) is 0 Å². The second-order valence-electron chi connectivity index (χ2n) is 8.22. The normalized spacial score (nSPS) is 21.3. The number of rotatable bonds is 9. The zero-order valence-electron chi connectivity index (χ0n) is 18.6. The van der Waals surface area contributed by atoms with Gasteiger partial charge in [0.15, 0.2) is 5.78 Å². The van der Waals surface area contributed by atoms with E-state index in [2.05, 4.69) is 10.2 Å². The highest BCUT2D eigenvalue weighted by Gasteiger charge is 2.43. The number of likely N-dealkylation sites (tertiary alicyclic amines) is 1. The van der Waals surface area contributed by atoms with Crippen LogP contribution in [0.1, 0.15) is 33.8 Å². The van der Waals surface area contributed by atoms with Gasteiger partial charge in [-0.3, -0.25) is 14.5 Å². The number of ether oxygens (including phenoxy) is 1. The van der Waals surface area contributed by atoms with E-state index in [-0.39, 0.29) is 30.5 Å². The molecule has 2 aromatic carbocycles. The number of nitrogens with one attached hydrogen (secondary N) is 1. The number of aliphatic hydroxyl groups excluding tert-OH is 1. The molecule has 172 valence electrons. The Hall–Kier alpha value is -2.61. The molecule has 2 N–H and O–H groups in total. The number of piperidine rings is 1. The van der Waals surface area contributed by atoms with Gasteiger partial charge in [-0.1, -0.05) is 42.5 Å². The summed E-state index contributed by atoms with van der Waals surface area (Å²) in [6, 6.07) is 13.5. The van der Waals surface area contributed by atoms with Crippen molar-refractivity contribution in [2.75, 3.05) is 40.0 Å². The fraction of sp³-hybridized carbons (Fsp3) is 0.440. The predicted molar refractivity (Wildman–Crippen MR) is 120 cm³/mol. The fourth-order valence-corrected chi connectivity index (χ4v) is 4.54. The van der Waals surface area contributed by atoms with Gasteiger partial charge in [0, 0.05) is 56.6 Å². The summed E-state index contributed by atoms with van der Waals surface area (Å²) in [6.07, 6.45) is -0.0271. The van der Waals surface area contributed by atoms with Crippen molar-refractivity contribution in [1.82, 2.24) is 10.2 Å². The van der Waals surface area contributed by atoms with Gasteiger partial charge in [-0.25, -0.2) is 4.39 Å². The van der Waals surface area contributed by atoms with Crippen LogP contribution in [0.4, 0.5) is 4.39 Å². The highest BCUT2D eigenvalue weighted by molar-refractivity contribution is 5.98. The number of hydrogen-bond acceptors (Lipinski definition) is 5. The van der Waals surface area contributed by atoms with E-state index in [0.717, 1.165) is 5.56 Å². The van der Waals surface area contributed by atoms with Crippen LogP contribution in [0.3, 0.4) is 0 Å². The summed E-state index contributed by atoms with van der Waals surface area (Å²) in [4.78, 5) is 28.2. The maximum Gasteiger partial charge on any atom is 0.222 e.